The summed E-state index contributed by atoms with van der Waals surface area (Å²) < 4.78 is 6.44. The molecule has 2 aromatic carbocycles. The Bertz CT molecular complexity index is 1050. The Labute approximate surface area is 155 Å². The van der Waals surface area contributed by atoms with Gasteiger partial charge >= 0.3 is 5.76 Å². The van der Waals surface area contributed by atoms with E-state index in [4.69, 9.17) is 4.42 Å². The van der Waals surface area contributed by atoms with Crippen LogP contribution in [0.25, 0.3) is 11.1 Å². The van der Waals surface area contributed by atoms with Gasteiger partial charge in [-0.15, -0.1) is 0 Å². The third-order valence-electron chi connectivity index (χ3n) is 4.69. The summed E-state index contributed by atoms with van der Waals surface area (Å²) in [6.45, 7) is 0.996. The van der Waals surface area contributed by atoms with Crippen LogP contribution in [-0.2, 0) is 22.7 Å². The highest BCUT2D eigenvalue weighted by Crippen LogP contribution is 2.21. The Kier molecular flexibility index (Phi) is 4.50. The second kappa shape index (κ2) is 7.11. The fourth-order valence-electron chi connectivity index (χ4n) is 3.28. The van der Waals surface area contributed by atoms with Crippen molar-refractivity contribution in [2.75, 3.05) is 11.4 Å². The molecule has 0 radical (unpaired) electrons. The fourth-order valence-corrected chi connectivity index (χ4v) is 3.28. The van der Waals surface area contributed by atoms with Crippen LogP contribution in [0.15, 0.2) is 57.7 Å². The highest BCUT2D eigenvalue weighted by molar-refractivity contribution is 5.95. The third kappa shape index (κ3) is 3.48. The molecule has 2 heterocycles. The van der Waals surface area contributed by atoms with Gasteiger partial charge in [-0.05, 0) is 36.2 Å². The molecule has 2 amide bonds. The molecule has 1 aliphatic rings. The zero-order valence-corrected chi connectivity index (χ0v) is 14.7. The lowest BCUT2D eigenvalue weighted by molar-refractivity contribution is -0.122. The number of fused-ring (bicyclic) bond motifs is 1. The molecule has 0 atom stereocenters. The van der Waals surface area contributed by atoms with Crippen molar-refractivity contribution >= 4 is 28.6 Å². The van der Waals surface area contributed by atoms with Crippen LogP contribution in [0, 0.1) is 0 Å². The molecule has 0 unspecified atom stereocenters. The number of hydrogen-bond donors (Lipinski definition) is 1. The summed E-state index contributed by atoms with van der Waals surface area (Å²) in [6.07, 6.45) is 1.48. The van der Waals surface area contributed by atoms with Crippen molar-refractivity contribution in [2.45, 2.75) is 25.9 Å². The standard InChI is InChI=1S/C20H19N3O4/c24-18(13-23-16-4-1-2-5-17(16)27-20(23)26)21-12-14-7-9-15(10-8-14)22-11-3-6-19(22)25/h1-2,4-5,7-10H,3,6,11-13H2,(H,21,24). The first-order valence-corrected chi connectivity index (χ1v) is 8.86. The van der Waals surface area contributed by atoms with E-state index in [0.29, 0.717) is 24.1 Å². The first-order chi connectivity index (χ1) is 13.1. The summed E-state index contributed by atoms with van der Waals surface area (Å²) >= 11 is 0. The molecule has 4 rings (SSSR count). The zero-order valence-electron chi connectivity index (χ0n) is 14.7. The molecule has 0 aliphatic carbocycles. The maximum atomic E-state index is 12.2. The monoisotopic (exact) mass is 365 g/mol. The highest BCUT2D eigenvalue weighted by atomic mass is 16.4. The van der Waals surface area contributed by atoms with Crippen molar-refractivity contribution in [1.29, 1.82) is 0 Å². The molecule has 1 fully saturated rings. The molecule has 0 spiro atoms. The van der Waals surface area contributed by atoms with Crippen molar-refractivity contribution in [3.63, 3.8) is 0 Å². The van der Waals surface area contributed by atoms with Crippen molar-refractivity contribution < 1.29 is 14.0 Å². The second-order valence-corrected chi connectivity index (χ2v) is 6.51. The number of oxazole rings is 1. The SMILES string of the molecule is O=C(Cn1c(=O)oc2ccccc21)NCc1ccc(N2CCCC2=O)cc1. The first-order valence-electron chi connectivity index (χ1n) is 8.86. The van der Waals surface area contributed by atoms with Crippen LogP contribution in [0.2, 0.25) is 0 Å². The summed E-state index contributed by atoms with van der Waals surface area (Å²) in [4.78, 5) is 37.7. The number of carbonyl (C=O) groups is 2. The minimum Gasteiger partial charge on any atom is -0.408 e. The first kappa shape index (κ1) is 17.1. The third-order valence-corrected chi connectivity index (χ3v) is 4.69. The van der Waals surface area contributed by atoms with Crippen LogP contribution in [0.4, 0.5) is 5.69 Å². The van der Waals surface area contributed by atoms with Crippen LogP contribution >= 0.6 is 0 Å². The summed E-state index contributed by atoms with van der Waals surface area (Å²) in [5.74, 6) is -0.678. The largest absolute Gasteiger partial charge is 0.420 e. The molecule has 7 nitrogen and oxygen atoms in total. The van der Waals surface area contributed by atoms with Gasteiger partial charge in [0.05, 0.1) is 5.52 Å². The Morgan fingerprint density at radius 3 is 2.59 bits per heavy atom. The quantitative estimate of drug-likeness (QED) is 0.750. The van der Waals surface area contributed by atoms with E-state index in [0.717, 1.165) is 24.2 Å². The molecule has 138 valence electrons. The van der Waals surface area contributed by atoms with Crippen molar-refractivity contribution in [3.8, 4) is 0 Å². The van der Waals surface area contributed by atoms with Gasteiger partial charge in [0.2, 0.25) is 11.8 Å². The van der Waals surface area contributed by atoms with E-state index in [1.807, 2.05) is 24.3 Å². The van der Waals surface area contributed by atoms with Crippen LogP contribution in [0.1, 0.15) is 18.4 Å². The van der Waals surface area contributed by atoms with Gasteiger partial charge in [0, 0.05) is 25.2 Å². The number of benzene rings is 2. The van der Waals surface area contributed by atoms with E-state index < -0.39 is 5.76 Å². The minimum absolute atomic E-state index is 0.101. The Hall–Kier alpha value is -3.35. The van der Waals surface area contributed by atoms with E-state index in [9.17, 15) is 14.4 Å². The van der Waals surface area contributed by atoms with Crippen molar-refractivity contribution in [2.24, 2.45) is 0 Å². The van der Waals surface area contributed by atoms with Crippen LogP contribution < -0.4 is 16.0 Å². The number of amides is 2. The topological polar surface area (TPSA) is 84.5 Å². The van der Waals surface area contributed by atoms with E-state index in [-0.39, 0.29) is 18.4 Å². The van der Waals surface area contributed by atoms with Crippen molar-refractivity contribution in [1.82, 2.24) is 9.88 Å². The summed E-state index contributed by atoms with van der Waals surface area (Å²) in [5.41, 5.74) is 2.85. The summed E-state index contributed by atoms with van der Waals surface area (Å²) in [7, 11) is 0. The summed E-state index contributed by atoms with van der Waals surface area (Å²) in [6, 6.07) is 14.6. The molecule has 0 saturated carbocycles. The number of carbonyl (C=O) groups excluding carboxylic acids is 2. The van der Waals surface area contributed by atoms with Gasteiger partial charge in [-0.2, -0.15) is 0 Å². The van der Waals surface area contributed by atoms with Gasteiger partial charge in [-0.25, -0.2) is 4.79 Å². The molecule has 3 aromatic rings. The zero-order chi connectivity index (χ0) is 18.8. The van der Waals surface area contributed by atoms with Crippen LogP contribution in [0.5, 0.6) is 0 Å². The average molecular weight is 365 g/mol. The maximum absolute atomic E-state index is 12.2. The Balaban J connectivity index is 1.38. The Morgan fingerprint density at radius 1 is 1.07 bits per heavy atom. The second-order valence-electron chi connectivity index (χ2n) is 6.51. The number of aromatic nitrogens is 1. The van der Waals surface area contributed by atoms with E-state index in [1.165, 1.54) is 4.57 Å². The van der Waals surface area contributed by atoms with Gasteiger partial charge in [0.1, 0.15) is 6.54 Å². The molecular weight excluding hydrogens is 346 g/mol. The number of para-hydroxylation sites is 2. The molecule has 1 N–H and O–H groups in total. The molecule has 1 aliphatic heterocycles. The number of hydrogen-bond acceptors (Lipinski definition) is 4. The number of nitrogens with zero attached hydrogens (tertiary/aromatic N) is 2. The summed E-state index contributed by atoms with van der Waals surface area (Å²) in [5, 5.41) is 2.81. The predicted octanol–water partition coefficient (Wildman–Crippen LogP) is 2.04. The lowest BCUT2D eigenvalue weighted by Gasteiger charge is -2.16. The van der Waals surface area contributed by atoms with E-state index >= 15 is 0 Å². The number of rotatable bonds is 5. The smallest absolute Gasteiger partial charge is 0.408 e. The molecule has 1 aromatic heterocycles. The number of nitrogens with one attached hydrogen (secondary N) is 1. The van der Waals surface area contributed by atoms with E-state index in [1.54, 1.807) is 29.2 Å². The van der Waals surface area contributed by atoms with Crippen molar-refractivity contribution in [3.05, 3.63) is 64.6 Å². The van der Waals surface area contributed by atoms with Crippen LogP contribution in [-0.4, -0.2) is 22.9 Å². The fraction of sp³-hybridized carbons (Fsp3) is 0.250. The normalized spacial score (nSPS) is 14.1. The maximum Gasteiger partial charge on any atom is 0.420 e. The number of anilines is 1. The van der Waals surface area contributed by atoms with Gasteiger partial charge in [0.25, 0.3) is 0 Å². The van der Waals surface area contributed by atoms with E-state index in [2.05, 4.69) is 5.32 Å². The predicted molar refractivity (Wildman–Crippen MR) is 100 cm³/mol. The van der Waals surface area contributed by atoms with Gasteiger partial charge < -0.3 is 14.6 Å². The average Bonchev–Trinajstić information content (AvgIpc) is 3.24. The lowest BCUT2D eigenvalue weighted by atomic mass is 10.2. The Morgan fingerprint density at radius 2 is 1.85 bits per heavy atom. The van der Waals surface area contributed by atoms with Crippen LogP contribution in [0.3, 0.4) is 0 Å². The molecule has 7 heteroatoms. The molecule has 0 bridgehead atoms. The molecule has 27 heavy (non-hydrogen) atoms. The molecule has 1 saturated heterocycles. The minimum atomic E-state index is -0.550. The van der Waals surface area contributed by atoms with Gasteiger partial charge in [-0.1, -0.05) is 24.3 Å². The molecular formula is C20H19N3O4. The lowest BCUT2D eigenvalue weighted by Crippen LogP contribution is -2.30. The highest BCUT2D eigenvalue weighted by Gasteiger charge is 2.21. The van der Waals surface area contributed by atoms with Gasteiger partial charge in [-0.3, -0.25) is 14.2 Å². The van der Waals surface area contributed by atoms with Gasteiger partial charge in [0.15, 0.2) is 5.58 Å².